The van der Waals surface area contributed by atoms with E-state index < -0.39 is 0 Å². The van der Waals surface area contributed by atoms with Gasteiger partial charge in [0.15, 0.2) is 0 Å². The van der Waals surface area contributed by atoms with Crippen molar-refractivity contribution in [3.63, 3.8) is 0 Å². The molecule has 0 N–H and O–H groups in total. The molecule has 3 heteroatoms. The Hall–Kier alpha value is 0.400. The molecule has 0 aliphatic carbocycles. The maximum absolute atomic E-state index is 5.06. The van der Waals surface area contributed by atoms with Crippen LogP contribution in [0.5, 0.6) is 0 Å². The predicted molar refractivity (Wildman–Crippen MR) is 66.1 cm³/mol. The van der Waals surface area contributed by atoms with Gasteiger partial charge in [0.25, 0.3) is 0 Å². The second kappa shape index (κ2) is 6.81. The minimum Gasteiger partial charge on any atom is -0.383 e. The van der Waals surface area contributed by atoms with Crippen molar-refractivity contribution >= 4 is 15.9 Å². The molecule has 0 fully saturated rings. The van der Waals surface area contributed by atoms with Crippen molar-refractivity contribution in [3.05, 3.63) is 0 Å². The molecule has 0 amide bonds. The number of nitrogens with zero attached hydrogens (tertiary/aromatic N) is 1. The molecule has 0 saturated carbocycles. The van der Waals surface area contributed by atoms with E-state index in [0.717, 1.165) is 25.0 Å². The van der Waals surface area contributed by atoms with Gasteiger partial charge < -0.3 is 9.64 Å². The van der Waals surface area contributed by atoms with Crippen molar-refractivity contribution in [3.8, 4) is 0 Å². The highest BCUT2D eigenvalue weighted by molar-refractivity contribution is 9.09. The molecule has 1 atom stereocenters. The van der Waals surface area contributed by atoms with E-state index in [1.807, 2.05) is 0 Å². The Morgan fingerprint density at radius 3 is 2.29 bits per heavy atom. The van der Waals surface area contributed by atoms with Crippen LogP contribution >= 0.6 is 15.9 Å². The zero-order valence-corrected chi connectivity index (χ0v) is 11.7. The summed E-state index contributed by atoms with van der Waals surface area (Å²) in [5, 5.41) is 1.06. The Balaban J connectivity index is 3.93. The minimum atomic E-state index is 0.366. The highest BCUT2D eigenvalue weighted by Crippen LogP contribution is 2.27. The standard InChI is InChI=1S/C11H24BrNO/c1-11(2,3)10(8-12)9-13(4)6-7-14-5/h10H,6-9H2,1-5H3. The summed E-state index contributed by atoms with van der Waals surface area (Å²) in [6.07, 6.45) is 0. The molecule has 0 spiro atoms. The van der Waals surface area contributed by atoms with Crippen LogP contribution in [0.25, 0.3) is 0 Å². The van der Waals surface area contributed by atoms with Crippen molar-refractivity contribution < 1.29 is 4.74 Å². The second-order valence-corrected chi connectivity index (χ2v) is 5.62. The Labute approximate surface area is 97.1 Å². The molecule has 0 rings (SSSR count). The van der Waals surface area contributed by atoms with Crippen molar-refractivity contribution in [1.82, 2.24) is 4.90 Å². The lowest BCUT2D eigenvalue weighted by Gasteiger charge is -2.32. The fourth-order valence-corrected chi connectivity index (χ4v) is 2.44. The van der Waals surface area contributed by atoms with E-state index in [2.05, 4.69) is 48.6 Å². The first-order chi connectivity index (χ1) is 6.41. The smallest absolute Gasteiger partial charge is 0.0589 e. The van der Waals surface area contributed by atoms with E-state index in [9.17, 15) is 0 Å². The van der Waals surface area contributed by atoms with Crippen molar-refractivity contribution in [2.45, 2.75) is 20.8 Å². The number of alkyl halides is 1. The fraction of sp³-hybridized carbons (Fsp3) is 1.00. The Bertz CT molecular complexity index is 145. The molecule has 0 saturated heterocycles. The highest BCUT2D eigenvalue weighted by Gasteiger charge is 2.24. The van der Waals surface area contributed by atoms with Crippen LogP contribution < -0.4 is 0 Å². The topological polar surface area (TPSA) is 12.5 Å². The molecule has 0 aliphatic heterocycles. The maximum atomic E-state index is 5.06. The van der Waals surface area contributed by atoms with E-state index in [1.165, 1.54) is 0 Å². The summed E-state index contributed by atoms with van der Waals surface area (Å²) in [4.78, 5) is 2.33. The van der Waals surface area contributed by atoms with Crippen LogP contribution in [-0.2, 0) is 4.74 Å². The number of ether oxygens (including phenoxy) is 1. The predicted octanol–water partition coefficient (Wildman–Crippen LogP) is 2.62. The van der Waals surface area contributed by atoms with Crippen LogP contribution in [-0.4, -0.2) is 44.1 Å². The zero-order valence-electron chi connectivity index (χ0n) is 10.1. The molecule has 2 nitrogen and oxygen atoms in total. The molecular formula is C11H24BrNO. The summed E-state index contributed by atoms with van der Waals surface area (Å²) >= 11 is 3.59. The summed E-state index contributed by atoms with van der Waals surface area (Å²) in [7, 11) is 3.90. The summed E-state index contributed by atoms with van der Waals surface area (Å²) < 4.78 is 5.06. The normalized spacial score (nSPS) is 14.8. The lowest BCUT2D eigenvalue weighted by Crippen LogP contribution is -2.35. The van der Waals surface area contributed by atoms with Gasteiger partial charge in [0, 0.05) is 25.5 Å². The van der Waals surface area contributed by atoms with Crippen LogP contribution in [0.3, 0.4) is 0 Å². The summed E-state index contributed by atoms with van der Waals surface area (Å²) in [5.74, 6) is 0.685. The molecule has 0 aromatic heterocycles. The number of hydrogen-bond acceptors (Lipinski definition) is 2. The number of halogens is 1. The van der Waals surface area contributed by atoms with Gasteiger partial charge in [-0.05, 0) is 18.4 Å². The molecule has 14 heavy (non-hydrogen) atoms. The highest BCUT2D eigenvalue weighted by atomic mass is 79.9. The van der Waals surface area contributed by atoms with Gasteiger partial charge in [-0.1, -0.05) is 36.7 Å². The number of rotatable bonds is 6. The maximum Gasteiger partial charge on any atom is 0.0589 e. The van der Waals surface area contributed by atoms with E-state index in [1.54, 1.807) is 7.11 Å². The minimum absolute atomic E-state index is 0.366. The first kappa shape index (κ1) is 14.4. The molecule has 86 valence electrons. The second-order valence-electron chi connectivity index (χ2n) is 4.97. The zero-order chi connectivity index (χ0) is 11.2. The van der Waals surface area contributed by atoms with Gasteiger partial charge in [-0.25, -0.2) is 0 Å². The van der Waals surface area contributed by atoms with Crippen LogP contribution in [0, 0.1) is 11.3 Å². The van der Waals surface area contributed by atoms with Crippen molar-refractivity contribution in [1.29, 1.82) is 0 Å². The first-order valence-corrected chi connectivity index (χ1v) is 6.27. The third-order valence-electron chi connectivity index (χ3n) is 2.62. The van der Waals surface area contributed by atoms with Gasteiger partial charge >= 0.3 is 0 Å². The van der Waals surface area contributed by atoms with E-state index in [4.69, 9.17) is 4.74 Å². The molecule has 0 bridgehead atoms. The average Bonchev–Trinajstić information content (AvgIpc) is 2.08. The van der Waals surface area contributed by atoms with E-state index >= 15 is 0 Å². The summed E-state index contributed by atoms with van der Waals surface area (Å²) in [6, 6.07) is 0. The molecule has 0 heterocycles. The third-order valence-corrected chi connectivity index (χ3v) is 3.40. The fourth-order valence-electron chi connectivity index (χ4n) is 1.27. The Morgan fingerprint density at radius 1 is 1.36 bits per heavy atom. The lowest BCUT2D eigenvalue weighted by molar-refractivity contribution is 0.133. The van der Waals surface area contributed by atoms with E-state index in [-0.39, 0.29) is 0 Å². The SMILES string of the molecule is COCCN(C)CC(CBr)C(C)(C)C. The van der Waals surface area contributed by atoms with Crippen LogP contribution in [0.1, 0.15) is 20.8 Å². The van der Waals surface area contributed by atoms with Crippen LogP contribution in [0.4, 0.5) is 0 Å². The van der Waals surface area contributed by atoms with Gasteiger partial charge in [0.1, 0.15) is 0 Å². The van der Waals surface area contributed by atoms with Gasteiger partial charge in [0.05, 0.1) is 6.61 Å². The van der Waals surface area contributed by atoms with Crippen molar-refractivity contribution in [2.75, 3.05) is 39.2 Å². The number of hydrogen-bond donors (Lipinski definition) is 0. The van der Waals surface area contributed by atoms with E-state index in [0.29, 0.717) is 11.3 Å². The van der Waals surface area contributed by atoms with Crippen LogP contribution in [0.15, 0.2) is 0 Å². The first-order valence-electron chi connectivity index (χ1n) is 5.15. The lowest BCUT2D eigenvalue weighted by atomic mass is 9.82. The quantitative estimate of drug-likeness (QED) is 0.685. The molecule has 0 aromatic carbocycles. The number of likely N-dealkylation sites (N-methyl/N-ethyl adjacent to an activating group) is 1. The molecular weight excluding hydrogens is 242 g/mol. The molecule has 0 aromatic rings. The number of methoxy groups -OCH3 is 1. The monoisotopic (exact) mass is 265 g/mol. The largest absolute Gasteiger partial charge is 0.383 e. The Kier molecular flexibility index (Phi) is 7.00. The van der Waals surface area contributed by atoms with Gasteiger partial charge in [-0.15, -0.1) is 0 Å². The van der Waals surface area contributed by atoms with Crippen LogP contribution in [0.2, 0.25) is 0 Å². The average molecular weight is 266 g/mol. The molecule has 0 aliphatic rings. The van der Waals surface area contributed by atoms with Gasteiger partial charge in [-0.3, -0.25) is 0 Å². The third kappa shape index (κ3) is 5.99. The van der Waals surface area contributed by atoms with Gasteiger partial charge in [-0.2, -0.15) is 0 Å². The molecule has 1 unspecified atom stereocenters. The van der Waals surface area contributed by atoms with Crippen molar-refractivity contribution in [2.24, 2.45) is 11.3 Å². The summed E-state index contributed by atoms with van der Waals surface area (Å²) in [5.41, 5.74) is 0.366. The summed E-state index contributed by atoms with van der Waals surface area (Å²) in [6.45, 7) is 9.83. The molecule has 0 radical (unpaired) electrons. The Morgan fingerprint density at radius 2 is 1.93 bits per heavy atom. The van der Waals surface area contributed by atoms with Gasteiger partial charge in [0.2, 0.25) is 0 Å².